The molecule has 0 heterocycles. The topological polar surface area (TPSA) is 26.3 Å². The molecule has 2 nitrogen and oxygen atoms in total. The van der Waals surface area contributed by atoms with E-state index in [2.05, 4.69) is 0 Å². The molecule has 1 rings (SSSR count). The number of Topliss-reactive ketones (excluding diaryl/α,β-unsaturated/α-hetero) is 1. The maximum atomic E-state index is 13.1. The third kappa shape index (κ3) is 2.07. The van der Waals surface area contributed by atoms with E-state index in [1.54, 1.807) is 6.92 Å². The molecule has 0 spiro atoms. The summed E-state index contributed by atoms with van der Waals surface area (Å²) in [5.74, 6) is -2.32. The Kier molecular flexibility index (Phi) is 3.17. The zero-order valence-electron chi connectivity index (χ0n) is 7.93. The smallest absolute Gasteiger partial charge is 0.165 e. The van der Waals surface area contributed by atoms with Crippen molar-refractivity contribution in [2.75, 3.05) is 6.61 Å². The van der Waals surface area contributed by atoms with Crippen LogP contribution in [0.1, 0.15) is 24.2 Å². The quantitative estimate of drug-likeness (QED) is 0.701. The SMILES string of the molecule is CCOc1cc(F)c(C(C)=O)c(F)c1. The summed E-state index contributed by atoms with van der Waals surface area (Å²) < 4.78 is 31.2. The predicted molar refractivity (Wildman–Crippen MR) is 47.5 cm³/mol. The van der Waals surface area contributed by atoms with E-state index < -0.39 is 23.0 Å². The van der Waals surface area contributed by atoms with Gasteiger partial charge in [-0.2, -0.15) is 0 Å². The summed E-state index contributed by atoms with van der Waals surface area (Å²) in [6.45, 7) is 3.13. The third-order valence-electron chi connectivity index (χ3n) is 1.68. The summed E-state index contributed by atoms with van der Waals surface area (Å²) in [4.78, 5) is 10.8. The molecule has 14 heavy (non-hydrogen) atoms. The third-order valence-corrected chi connectivity index (χ3v) is 1.68. The van der Waals surface area contributed by atoms with Crippen LogP contribution in [0.25, 0.3) is 0 Å². The minimum Gasteiger partial charge on any atom is -0.494 e. The molecule has 0 aromatic heterocycles. The molecule has 0 saturated carbocycles. The second-order valence-corrected chi connectivity index (χ2v) is 2.75. The number of carbonyl (C=O) groups is 1. The summed E-state index contributed by atoms with van der Waals surface area (Å²) in [6.07, 6.45) is 0. The van der Waals surface area contributed by atoms with Crippen LogP contribution in [0.4, 0.5) is 8.78 Å². The highest BCUT2D eigenvalue weighted by Crippen LogP contribution is 2.20. The molecule has 1 aromatic rings. The molecule has 0 bridgehead atoms. The van der Waals surface area contributed by atoms with Gasteiger partial charge in [-0.25, -0.2) is 8.78 Å². The summed E-state index contributed by atoms with van der Waals surface area (Å²) in [6, 6.07) is 2.01. The molecule has 0 fully saturated rings. The Morgan fingerprint density at radius 2 is 1.86 bits per heavy atom. The summed E-state index contributed by atoms with van der Waals surface area (Å²) >= 11 is 0. The van der Waals surface area contributed by atoms with E-state index in [1.165, 1.54) is 0 Å². The van der Waals surface area contributed by atoms with Gasteiger partial charge in [-0.05, 0) is 13.8 Å². The van der Waals surface area contributed by atoms with Crippen molar-refractivity contribution in [3.05, 3.63) is 29.3 Å². The fourth-order valence-corrected chi connectivity index (χ4v) is 1.14. The van der Waals surface area contributed by atoms with E-state index in [0.29, 0.717) is 6.61 Å². The molecule has 76 valence electrons. The fourth-order valence-electron chi connectivity index (χ4n) is 1.14. The molecule has 0 radical (unpaired) electrons. The molecule has 0 amide bonds. The van der Waals surface area contributed by atoms with E-state index in [-0.39, 0.29) is 5.75 Å². The van der Waals surface area contributed by atoms with Crippen LogP contribution in [-0.4, -0.2) is 12.4 Å². The molecule has 0 atom stereocenters. The van der Waals surface area contributed by atoms with Gasteiger partial charge in [-0.15, -0.1) is 0 Å². The van der Waals surface area contributed by atoms with Gasteiger partial charge >= 0.3 is 0 Å². The molecule has 0 unspecified atom stereocenters. The maximum Gasteiger partial charge on any atom is 0.165 e. The van der Waals surface area contributed by atoms with E-state index in [4.69, 9.17) is 4.74 Å². The zero-order valence-corrected chi connectivity index (χ0v) is 7.93. The van der Waals surface area contributed by atoms with Gasteiger partial charge in [0.05, 0.1) is 12.2 Å². The maximum absolute atomic E-state index is 13.1. The average Bonchev–Trinajstić information content (AvgIpc) is 2.01. The van der Waals surface area contributed by atoms with Crippen LogP contribution in [0.5, 0.6) is 5.75 Å². The van der Waals surface area contributed by atoms with Crippen LogP contribution in [0, 0.1) is 11.6 Å². The van der Waals surface area contributed by atoms with Gasteiger partial charge in [0, 0.05) is 12.1 Å². The minimum atomic E-state index is -0.888. The van der Waals surface area contributed by atoms with E-state index >= 15 is 0 Å². The number of benzene rings is 1. The first-order valence-electron chi connectivity index (χ1n) is 4.19. The Hall–Kier alpha value is -1.45. The molecule has 1 aromatic carbocycles. The molecule has 0 saturated heterocycles. The average molecular weight is 200 g/mol. The molecule has 0 aliphatic rings. The Morgan fingerprint density at radius 3 is 2.21 bits per heavy atom. The van der Waals surface area contributed by atoms with Crippen molar-refractivity contribution in [3.63, 3.8) is 0 Å². The number of hydrogen-bond acceptors (Lipinski definition) is 2. The number of ether oxygens (including phenoxy) is 1. The predicted octanol–water partition coefficient (Wildman–Crippen LogP) is 2.57. The molecule has 0 N–H and O–H groups in total. The lowest BCUT2D eigenvalue weighted by Crippen LogP contribution is -2.03. The van der Waals surface area contributed by atoms with Crippen LogP contribution < -0.4 is 4.74 Å². The zero-order chi connectivity index (χ0) is 10.7. The van der Waals surface area contributed by atoms with Gasteiger partial charge in [0.2, 0.25) is 0 Å². The van der Waals surface area contributed by atoms with Crippen LogP contribution >= 0.6 is 0 Å². The lowest BCUT2D eigenvalue weighted by molar-refractivity contribution is 0.100. The largest absolute Gasteiger partial charge is 0.494 e. The molecule has 0 aliphatic carbocycles. The van der Waals surface area contributed by atoms with Crippen molar-refractivity contribution in [2.45, 2.75) is 13.8 Å². The number of hydrogen-bond donors (Lipinski definition) is 0. The van der Waals surface area contributed by atoms with Crippen LogP contribution in [0.2, 0.25) is 0 Å². The molecule has 0 aliphatic heterocycles. The van der Waals surface area contributed by atoms with Gasteiger partial charge in [0.15, 0.2) is 5.78 Å². The number of ketones is 1. The summed E-state index contributed by atoms with van der Waals surface area (Å²) in [5.41, 5.74) is -0.520. The van der Waals surface area contributed by atoms with Crippen molar-refractivity contribution in [3.8, 4) is 5.75 Å². The van der Waals surface area contributed by atoms with Gasteiger partial charge in [0.25, 0.3) is 0 Å². The van der Waals surface area contributed by atoms with Gasteiger partial charge < -0.3 is 4.74 Å². The normalized spacial score (nSPS) is 10.0. The van der Waals surface area contributed by atoms with Crippen LogP contribution in [-0.2, 0) is 0 Å². The first-order valence-corrected chi connectivity index (χ1v) is 4.19. The molecular weight excluding hydrogens is 190 g/mol. The number of rotatable bonds is 3. The van der Waals surface area contributed by atoms with Gasteiger partial charge in [0.1, 0.15) is 17.4 Å². The molecular formula is C10H10F2O2. The Bertz CT molecular complexity index is 338. The standard InChI is InChI=1S/C10H10F2O2/c1-3-14-7-4-8(11)10(6(2)13)9(12)5-7/h4-5H,3H2,1-2H3. The molecule has 4 heteroatoms. The number of halogens is 2. The first kappa shape index (κ1) is 10.6. The van der Waals surface area contributed by atoms with Crippen LogP contribution in [0.3, 0.4) is 0 Å². The highest BCUT2D eigenvalue weighted by atomic mass is 19.1. The lowest BCUT2D eigenvalue weighted by Gasteiger charge is -2.06. The highest BCUT2D eigenvalue weighted by molar-refractivity contribution is 5.94. The highest BCUT2D eigenvalue weighted by Gasteiger charge is 2.15. The summed E-state index contributed by atoms with van der Waals surface area (Å²) in [5, 5.41) is 0. The number of carbonyl (C=O) groups excluding carboxylic acids is 1. The van der Waals surface area contributed by atoms with Crippen LogP contribution in [0.15, 0.2) is 12.1 Å². The van der Waals surface area contributed by atoms with Crippen molar-refractivity contribution in [1.29, 1.82) is 0 Å². The van der Waals surface area contributed by atoms with Crippen molar-refractivity contribution in [1.82, 2.24) is 0 Å². The fraction of sp³-hybridized carbons (Fsp3) is 0.300. The van der Waals surface area contributed by atoms with E-state index in [0.717, 1.165) is 19.1 Å². The lowest BCUT2D eigenvalue weighted by atomic mass is 10.1. The monoisotopic (exact) mass is 200 g/mol. The second kappa shape index (κ2) is 4.17. The summed E-state index contributed by atoms with van der Waals surface area (Å²) in [7, 11) is 0. The Morgan fingerprint density at radius 1 is 1.36 bits per heavy atom. The second-order valence-electron chi connectivity index (χ2n) is 2.75. The minimum absolute atomic E-state index is 0.0903. The first-order chi connectivity index (χ1) is 6.56. The van der Waals surface area contributed by atoms with E-state index in [9.17, 15) is 13.6 Å². The van der Waals surface area contributed by atoms with Crippen molar-refractivity contribution >= 4 is 5.78 Å². The van der Waals surface area contributed by atoms with E-state index in [1.807, 2.05) is 0 Å². The Labute approximate surface area is 80.5 Å². The van der Waals surface area contributed by atoms with Crippen molar-refractivity contribution in [2.24, 2.45) is 0 Å². The van der Waals surface area contributed by atoms with Gasteiger partial charge in [-0.1, -0.05) is 0 Å². The Balaban J connectivity index is 3.18. The van der Waals surface area contributed by atoms with Crippen molar-refractivity contribution < 1.29 is 18.3 Å². The van der Waals surface area contributed by atoms with Gasteiger partial charge in [-0.3, -0.25) is 4.79 Å².